The van der Waals surface area contributed by atoms with Gasteiger partial charge in [0, 0.05) is 11.4 Å². The number of anilines is 3. The Morgan fingerprint density at radius 2 is 1.53 bits per heavy atom. The van der Waals surface area contributed by atoms with Crippen LogP contribution in [0.2, 0.25) is 0 Å². The summed E-state index contributed by atoms with van der Waals surface area (Å²) in [6.45, 7) is 8.29. The Morgan fingerprint density at radius 3 is 2.05 bits per heavy atom. The average Bonchev–Trinajstić information content (AvgIpc) is 2.36. The summed E-state index contributed by atoms with van der Waals surface area (Å²) >= 11 is 0. The molecule has 0 amide bonds. The Labute approximate surface area is 113 Å². The molecular formula is C16H19FN2. The van der Waals surface area contributed by atoms with Gasteiger partial charge in [-0.2, -0.15) is 0 Å². The summed E-state index contributed by atoms with van der Waals surface area (Å²) in [4.78, 5) is 0. The molecule has 0 bridgehead atoms. The minimum absolute atomic E-state index is 0.166. The lowest BCUT2D eigenvalue weighted by atomic mass is 9.98. The molecule has 2 aromatic rings. The van der Waals surface area contributed by atoms with Gasteiger partial charge < -0.3 is 11.1 Å². The first kappa shape index (κ1) is 13.4. The van der Waals surface area contributed by atoms with Crippen LogP contribution >= 0.6 is 0 Å². The van der Waals surface area contributed by atoms with Crippen molar-refractivity contribution in [1.29, 1.82) is 0 Å². The van der Waals surface area contributed by atoms with Gasteiger partial charge in [0.2, 0.25) is 0 Å². The fourth-order valence-corrected chi connectivity index (χ4v) is 2.15. The van der Waals surface area contributed by atoms with Crippen molar-refractivity contribution in [3.8, 4) is 0 Å². The molecule has 0 heterocycles. The monoisotopic (exact) mass is 258 g/mol. The zero-order chi connectivity index (χ0) is 14.2. The van der Waals surface area contributed by atoms with E-state index in [1.807, 2.05) is 0 Å². The van der Waals surface area contributed by atoms with E-state index in [-0.39, 0.29) is 5.69 Å². The number of halogens is 1. The molecule has 0 saturated heterocycles. The van der Waals surface area contributed by atoms with Crippen LogP contribution in [0.15, 0.2) is 24.3 Å². The number of nitrogens with one attached hydrogen (secondary N) is 1. The average molecular weight is 258 g/mol. The predicted octanol–water partition coefficient (Wildman–Crippen LogP) is 4.39. The number of nitrogens with two attached hydrogens (primary N) is 1. The molecular weight excluding hydrogens is 239 g/mol. The first-order valence-corrected chi connectivity index (χ1v) is 6.29. The van der Waals surface area contributed by atoms with Gasteiger partial charge in [-0.1, -0.05) is 6.07 Å². The van der Waals surface area contributed by atoms with Crippen LogP contribution in [0.3, 0.4) is 0 Å². The maximum atomic E-state index is 13.5. The van der Waals surface area contributed by atoms with Crippen LogP contribution in [0.1, 0.15) is 22.3 Å². The Hall–Kier alpha value is -2.03. The summed E-state index contributed by atoms with van der Waals surface area (Å²) in [5.41, 5.74) is 12.2. The van der Waals surface area contributed by atoms with Crippen LogP contribution in [0.4, 0.5) is 21.5 Å². The van der Waals surface area contributed by atoms with E-state index in [2.05, 4.69) is 39.1 Å². The highest BCUT2D eigenvalue weighted by Gasteiger charge is 2.09. The molecule has 0 spiro atoms. The van der Waals surface area contributed by atoms with Crippen molar-refractivity contribution in [3.63, 3.8) is 0 Å². The van der Waals surface area contributed by atoms with Crippen molar-refractivity contribution in [1.82, 2.24) is 0 Å². The van der Waals surface area contributed by atoms with Crippen molar-refractivity contribution >= 4 is 17.1 Å². The lowest BCUT2D eigenvalue weighted by Crippen LogP contribution is -2.01. The van der Waals surface area contributed by atoms with Gasteiger partial charge in [-0.25, -0.2) is 4.39 Å². The minimum Gasteiger partial charge on any atom is -0.396 e. The highest BCUT2D eigenvalue weighted by atomic mass is 19.1. The van der Waals surface area contributed by atoms with Gasteiger partial charge in [-0.05, 0) is 68.1 Å². The van der Waals surface area contributed by atoms with Gasteiger partial charge in [0.1, 0.15) is 5.82 Å². The molecule has 3 N–H and O–H groups in total. The number of rotatable bonds is 2. The second-order valence-electron chi connectivity index (χ2n) is 5.00. The van der Waals surface area contributed by atoms with Crippen LogP contribution in [0.25, 0.3) is 0 Å². The molecule has 0 aliphatic heterocycles. The lowest BCUT2D eigenvalue weighted by Gasteiger charge is -2.17. The van der Waals surface area contributed by atoms with Gasteiger partial charge in [-0.3, -0.25) is 0 Å². The smallest absolute Gasteiger partial charge is 0.148 e. The zero-order valence-electron chi connectivity index (χ0n) is 11.8. The molecule has 19 heavy (non-hydrogen) atoms. The van der Waals surface area contributed by atoms with E-state index in [4.69, 9.17) is 5.73 Å². The number of hydrogen-bond acceptors (Lipinski definition) is 2. The molecule has 0 aliphatic rings. The maximum absolute atomic E-state index is 13.5. The summed E-state index contributed by atoms with van der Waals surface area (Å²) in [7, 11) is 0. The lowest BCUT2D eigenvalue weighted by molar-refractivity contribution is 0.633. The van der Waals surface area contributed by atoms with E-state index in [1.165, 1.54) is 28.3 Å². The Kier molecular flexibility index (Phi) is 3.47. The first-order valence-electron chi connectivity index (χ1n) is 6.29. The molecule has 3 heteroatoms. The van der Waals surface area contributed by atoms with E-state index in [0.29, 0.717) is 5.69 Å². The molecule has 0 unspecified atom stereocenters. The summed E-state index contributed by atoms with van der Waals surface area (Å²) in [6.07, 6.45) is 0. The van der Waals surface area contributed by atoms with Crippen molar-refractivity contribution in [3.05, 3.63) is 52.3 Å². The molecule has 2 aromatic carbocycles. The molecule has 0 aromatic heterocycles. The molecule has 0 saturated carbocycles. The van der Waals surface area contributed by atoms with Gasteiger partial charge in [0.05, 0.1) is 5.69 Å². The zero-order valence-corrected chi connectivity index (χ0v) is 11.8. The van der Waals surface area contributed by atoms with E-state index < -0.39 is 5.82 Å². The van der Waals surface area contributed by atoms with E-state index in [1.54, 1.807) is 12.1 Å². The van der Waals surface area contributed by atoms with Crippen LogP contribution < -0.4 is 11.1 Å². The Morgan fingerprint density at radius 1 is 0.947 bits per heavy atom. The van der Waals surface area contributed by atoms with Crippen LogP contribution in [-0.4, -0.2) is 0 Å². The van der Waals surface area contributed by atoms with Crippen molar-refractivity contribution in [2.24, 2.45) is 0 Å². The quantitative estimate of drug-likeness (QED) is 0.784. The molecule has 0 fully saturated rings. The fourth-order valence-electron chi connectivity index (χ4n) is 2.15. The highest BCUT2D eigenvalue weighted by Crippen LogP contribution is 2.30. The SMILES string of the molecule is Cc1cc(C)c(C)c(Nc2ccc(N)c(F)c2)c1C. The summed E-state index contributed by atoms with van der Waals surface area (Å²) in [5, 5.41) is 3.29. The third-order valence-corrected chi connectivity index (χ3v) is 3.64. The number of benzene rings is 2. The fraction of sp³-hybridized carbons (Fsp3) is 0.250. The standard InChI is InChI=1S/C16H19FN2/c1-9-7-10(2)12(4)16(11(9)3)19-13-5-6-15(18)14(17)8-13/h5-8,19H,18H2,1-4H3. The normalized spacial score (nSPS) is 10.6. The predicted molar refractivity (Wildman–Crippen MR) is 79.5 cm³/mol. The maximum Gasteiger partial charge on any atom is 0.148 e. The van der Waals surface area contributed by atoms with E-state index >= 15 is 0 Å². The Balaban J connectivity index is 2.46. The second-order valence-corrected chi connectivity index (χ2v) is 5.00. The number of nitrogen functional groups attached to an aromatic ring is 1. The van der Waals surface area contributed by atoms with Crippen LogP contribution in [0, 0.1) is 33.5 Å². The van der Waals surface area contributed by atoms with Crippen LogP contribution in [-0.2, 0) is 0 Å². The van der Waals surface area contributed by atoms with Gasteiger partial charge in [-0.15, -0.1) is 0 Å². The Bertz CT molecular complexity index is 607. The minimum atomic E-state index is -0.398. The molecule has 2 nitrogen and oxygen atoms in total. The molecule has 0 atom stereocenters. The van der Waals surface area contributed by atoms with Gasteiger partial charge >= 0.3 is 0 Å². The molecule has 100 valence electrons. The third kappa shape index (κ3) is 2.55. The summed E-state index contributed by atoms with van der Waals surface area (Å²) < 4.78 is 13.5. The summed E-state index contributed by atoms with van der Waals surface area (Å²) in [5.74, 6) is -0.398. The van der Waals surface area contributed by atoms with Crippen LogP contribution in [0.5, 0.6) is 0 Å². The van der Waals surface area contributed by atoms with Gasteiger partial charge in [0.25, 0.3) is 0 Å². The number of aryl methyl sites for hydroxylation is 2. The molecule has 0 aliphatic carbocycles. The second kappa shape index (κ2) is 4.92. The topological polar surface area (TPSA) is 38.0 Å². The largest absolute Gasteiger partial charge is 0.396 e. The van der Waals surface area contributed by atoms with Crippen molar-refractivity contribution in [2.45, 2.75) is 27.7 Å². The highest BCUT2D eigenvalue weighted by molar-refractivity contribution is 5.70. The number of hydrogen-bond donors (Lipinski definition) is 2. The van der Waals surface area contributed by atoms with Gasteiger partial charge in [0.15, 0.2) is 0 Å². The van der Waals surface area contributed by atoms with Crippen molar-refractivity contribution < 1.29 is 4.39 Å². The van der Waals surface area contributed by atoms with Crippen molar-refractivity contribution in [2.75, 3.05) is 11.1 Å². The first-order chi connectivity index (χ1) is 8.90. The molecule has 2 rings (SSSR count). The molecule has 0 radical (unpaired) electrons. The third-order valence-electron chi connectivity index (χ3n) is 3.64. The van der Waals surface area contributed by atoms with E-state index in [0.717, 1.165) is 5.69 Å². The van der Waals surface area contributed by atoms with E-state index in [9.17, 15) is 4.39 Å². The summed E-state index contributed by atoms with van der Waals surface area (Å²) in [6, 6.07) is 6.95.